The van der Waals surface area contributed by atoms with Crippen molar-refractivity contribution in [2.45, 2.75) is 24.8 Å². The fourth-order valence-corrected chi connectivity index (χ4v) is 5.07. The molecule has 0 heterocycles. The van der Waals surface area contributed by atoms with Gasteiger partial charge in [-0.1, -0.05) is 42.5 Å². The molecule has 0 N–H and O–H groups in total. The van der Waals surface area contributed by atoms with Gasteiger partial charge in [0.1, 0.15) is 11.6 Å². The summed E-state index contributed by atoms with van der Waals surface area (Å²) in [6, 6.07) is 18.9. The molecule has 3 aromatic carbocycles. The lowest BCUT2D eigenvalue weighted by molar-refractivity contribution is 0.415. The summed E-state index contributed by atoms with van der Waals surface area (Å²) in [5.74, 6) is 0.0612. The average Bonchev–Trinajstić information content (AvgIpc) is 2.68. The number of hydrogen-bond donors (Lipinski definition) is 0. The Bertz CT molecular complexity index is 1080. The van der Waals surface area contributed by atoms with Crippen LogP contribution in [0, 0.1) is 12.7 Å². The SMILES string of the molecule is COc1cccc(N(C(C)c2ccccc2F)S(=O)(=O)c2ccccc2C)c1. The van der Waals surface area contributed by atoms with Crippen molar-refractivity contribution in [1.29, 1.82) is 0 Å². The van der Waals surface area contributed by atoms with Gasteiger partial charge >= 0.3 is 0 Å². The van der Waals surface area contributed by atoms with Gasteiger partial charge in [-0.3, -0.25) is 4.31 Å². The Morgan fingerprint density at radius 3 is 2.32 bits per heavy atom. The number of hydrogen-bond acceptors (Lipinski definition) is 3. The summed E-state index contributed by atoms with van der Waals surface area (Å²) in [4.78, 5) is 0.181. The molecule has 1 atom stereocenters. The molecule has 28 heavy (non-hydrogen) atoms. The summed E-state index contributed by atoms with van der Waals surface area (Å²) >= 11 is 0. The monoisotopic (exact) mass is 399 g/mol. The van der Waals surface area contributed by atoms with Gasteiger partial charge in [-0.05, 0) is 43.7 Å². The van der Waals surface area contributed by atoms with Gasteiger partial charge in [-0.2, -0.15) is 0 Å². The second-order valence-electron chi connectivity index (χ2n) is 6.47. The van der Waals surface area contributed by atoms with Crippen LogP contribution in [0.25, 0.3) is 0 Å². The molecule has 146 valence electrons. The molecular weight excluding hydrogens is 377 g/mol. The predicted molar refractivity (Wildman–Crippen MR) is 109 cm³/mol. The number of methoxy groups -OCH3 is 1. The molecule has 0 fully saturated rings. The standard InChI is InChI=1S/C22H22FNO3S/c1-16-9-4-7-14-22(16)28(25,26)24(18-10-8-11-19(15-18)27-3)17(2)20-12-5-6-13-21(20)23/h4-15,17H,1-3H3. The van der Waals surface area contributed by atoms with Crippen molar-refractivity contribution in [2.24, 2.45) is 0 Å². The number of aryl methyl sites for hydroxylation is 1. The zero-order chi connectivity index (χ0) is 20.3. The first-order chi connectivity index (χ1) is 13.4. The summed E-state index contributed by atoms with van der Waals surface area (Å²) in [7, 11) is -2.45. The lowest BCUT2D eigenvalue weighted by Gasteiger charge is -2.31. The van der Waals surface area contributed by atoms with Gasteiger partial charge in [0.2, 0.25) is 0 Å². The Morgan fingerprint density at radius 2 is 1.64 bits per heavy atom. The molecule has 1 unspecified atom stereocenters. The highest BCUT2D eigenvalue weighted by Crippen LogP contribution is 2.36. The van der Waals surface area contributed by atoms with Crippen molar-refractivity contribution in [3.8, 4) is 5.75 Å². The van der Waals surface area contributed by atoms with Crippen molar-refractivity contribution in [3.05, 3.63) is 89.7 Å². The normalized spacial score (nSPS) is 12.4. The fourth-order valence-electron chi connectivity index (χ4n) is 3.21. The Labute approximate surface area is 165 Å². The van der Waals surface area contributed by atoms with Crippen LogP contribution in [0.4, 0.5) is 10.1 Å². The molecule has 0 aromatic heterocycles. The zero-order valence-corrected chi connectivity index (χ0v) is 16.8. The fraction of sp³-hybridized carbons (Fsp3) is 0.182. The summed E-state index contributed by atoms with van der Waals surface area (Å²) in [6.45, 7) is 3.41. The van der Waals surface area contributed by atoms with E-state index in [9.17, 15) is 12.8 Å². The molecule has 0 saturated heterocycles. The summed E-state index contributed by atoms with van der Waals surface area (Å²) in [5.41, 5.74) is 1.32. The Hall–Kier alpha value is -2.86. The first-order valence-electron chi connectivity index (χ1n) is 8.85. The predicted octanol–water partition coefficient (Wildman–Crippen LogP) is 5.10. The third-order valence-corrected chi connectivity index (χ3v) is 6.70. The molecule has 3 rings (SSSR count). The van der Waals surface area contributed by atoms with Gasteiger partial charge in [0, 0.05) is 11.6 Å². The molecule has 0 aliphatic rings. The van der Waals surface area contributed by atoms with Crippen LogP contribution in [0.3, 0.4) is 0 Å². The molecule has 4 nitrogen and oxygen atoms in total. The van der Waals surface area contributed by atoms with Crippen molar-refractivity contribution < 1.29 is 17.5 Å². The number of ether oxygens (including phenoxy) is 1. The van der Waals surface area contributed by atoms with Crippen LogP contribution in [0.15, 0.2) is 77.7 Å². The topological polar surface area (TPSA) is 46.6 Å². The van der Waals surface area contributed by atoms with E-state index >= 15 is 0 Å². The van der Waals surface area contributed by atoms with Crippen molar-refractivity contribution >= 4 is 15.7 Å². The van der Waals surface area contributed by atoms with Gasteiger partial charge in [-0.15, -0.1) is 0 Å². The van der Waals surface area contributed by atoms with E-state index in [2.05, 4.69) is 0 Å². The molecule has 0 radical (unpaired) electrons. The van der Waals surface area contributed by atoms with E-state index in [0.717, 1.165) is 0 Å². The second kappa shape index (κ2) is 8.02. The maximum absolute atomic E-state index is 14.5. The maximum atomic E-state index is 14.5. The highest BCUT2D eigenvalue weighted by Gasteiger charge is 2.32. The molecule has 0 spiro atoms. The Balaban J connectivity index is 2.23. The quantitative estimate of drug-likeness (QED) is 0.579. The molecule has 0 aliphatic heterocycles. The highest BCUT2D eigenvalue weighted by molar-refractivity contribution is 7.92. The summed E-state index contributed by atoms with van der Waals surface area (Å²) in [6.07, 6.45) is 0. The minimum absolute atomic E-state index is 0.181. The van der Waals surface area contributed by atoms with E-state index in [1.54, 1.807) is 80.6 Å². The Kier molecular flexibility index (Phi) is 5.70. The van der Waals surface area contributed by atoms with Crippen molar-refractivity contribution in [3.63, 3.8) is 0 Å². The average molecular weight is 399 g/mol. The summed E-state index contributed by atoms with van der Waals surface area (Å²) in [5, 5.41) is 0. The van der Waals surface area contributed by atoms with Gasteiger partial charge in [0.15, 0.2) is 0 Å². The van der Waals surface area contributed by atoms with E-state index in [4.69, 9.17) is 4.74 Å². The minimum Gasteiger partial charge on any atom is -0.497 e. The first-order valence-corrected chi connectivity index (χ1v) is 10.3. The lowest BCUT2D eigenvalue weighted by atomic mass is 10.1. The third-order valence-electron chi connectivity index (χ3n) is 4.65. The van der Waals surface area contributed by atoms with Crippen LogP contribution < -0.4 is 9.04 Å². The van der Waals surface area contributed by atoms with Crippen LogP contribution in [0.5, 0.6) is 5.75 Å². The van der Waals surface area contributed by atoms with Crippen molar-refractivity contribution in [2.75, 3.05) is 11.4 Å². The van der Waals surface area contributed by atoms with Crippen molar-refractivity contribution in [1.82, 2.24) is 0 Å². The zero-order valence-electron chi connectivity index (χ0n) is 16.0. The van der Waals surface area contributed by atoms with E-state index < -0.39 is 21.9 Å². The van der Waals surface area contributed by atoms with Crippen LogP contribution in [-0.4, -0.2) is 15.5 Å². The number of nitrogens with zero attached hydrogens (tertiary/aromatic N) is 1. The first kappa shape index (κ1) is 19.9. The van der Waals surface area contributed by atoms with E-state index in [1.807, 2.05) is 0 Å². The molecular formula is C22H22FNO3S. The number of sulfonamides is 1. The summed E-state index contributed by atoms with van der Waals surface area (Å²) < 4.78 is 48.3. The largest absolute Gasteiger partial charge is 0.497 e. The van der Waals surface area contributed by atoms with Crippen LogP contribution >= 0.6 is 0 Å². The molecule has 0 saturated carbocycles. The van der Waals surface area contributed by atoms with Gasteiger partial charge in [-0.25, -0.2) is 12.8 Å². The number of anilines is 1. The van der Waals surface area contributed by atoms with E-state index in [0.29, 0.717) is 22.6 Å². The molecule has 6 heteroatoms. The van der Waals surface area contributed by atoms with Gasteiger partial charge in [0.25, 0.3) is 10.0 Å². The van der Waals surface area contributed by atoms with E-state index in [-0.39, 0.29) is 4.90 Å². The molecule has 3 aromatic rings. The second-order valence-corrected chi connectivity index (χ2v) is 8.25. The maximum Gasteiger partial charge on any atom is 0.265 e. The minimum atomic E-state index is -3.96. The molecule has 0 aliphatic carbocycles. The number of halogens is 1. The van der Waals surface area contributed by atoms with Crippen LogP contribution in [0.2, 0.25) is 0 Å². The van der Waals surface area contributed by atoms with E-state index in [1.165, 1.54) is 17.5 Å². The Morgan fingerprint density at radius 1 is 0.964 bits per heavy atom. The smallest absolute Gasteiger partial charge is 0.265 e. The number of benzene rings is 3. The number of rotatable bonds is 6. The lowest BCUT2D eigenvalue weighted by Crippen LogP contribution is -2.34. The van der Waals surface area contributed by atoms with Crippen LogP contribution in [0.1, 0.15) is 24.1 Å². The van der Waals surface area contributed by atoms with Crippen LogP contribution in [-0.2, 0) is 10.0 Å². The van der Waals surface area contributed by atoms with Gasteiger partial charge in [0.05, 0.1) is 23.7 Å². The third kappa shape index (κ3) is 3.73. The highest BCUT2D eigenvalue weighted by atomic mass is 32.2. The van der Waals surface area contributed by atoms with Gasteiger partial charge < -0.3 is 4.74 Å². The molecule has 0 amide bonds. The molecule has 0 bridgehead atoms.